The average Bonchev–Trinajstić information content (AvgIpc) is 3.40. The number of aromatic nitrogens is 4. The second kappa shape index (κ2) is 7.67. The van der Waals surface area contributed by atoms with E-state index in [1.54, 1.807) is 35.8 Å². The van der Waals surface area contributed by atoms with Gasteiger partial charge < -0.3 is 14.2 Å². The molecule has 9 nitrogen and oxygen atoms in total. The minimum Gasteiger partial charge on any atom is -0.459 e. The van der Waals surface area contributed by atoms with Crippen molar-refractivity contribution < 1.29 is 27.2 Å². The fourth-order valence-corrected chi connectivity index (χ4v) is 3.56. The number of carbonyl (C=O) groups excluding carboxylic acids is 2. The molecule has 0 spiro atoms. The van der Waals surface area contributed by atoms with Gasteiger partial charge in [0.1, 0.15) is 0 Å². The van der Waals surface area contributed by atoms with Crippen molar-refractivity contribution in [1.82, 2.24) is 29.4 Å². The molecule has 31 heavy (non-hydrogen) atoms. The number of nitrogens with zero attached hydrogens (tertiary/aromatic N) is 6. The number of aryl methyl sites for hydroxylation is 2. The number of hydrogen-bond acceptors (Lipinski definition) is 6. The van der Waals surface area contributed by atoms with Crippen LogP contribution in [0.1, 0.15) is 33.3 Å². The van der Waals surface area contributed by atoms with E-state index in [-0.39, 0.29) is 29.8 Å². The molecule has 1 saturated heterocycles. The van der Waals surface area contributed by atoms with Gasteiger partial charge in [0.2, 0.25) is 5.91 Å². The summed E-state index contributed by atoms with van der Waals surface area (Å²) in [6.07, 6.45) is -3.29. The van der Waals surface area contributed by atoms with Crippen LogP contribution in [0.4, 0.5) is 13.2 Å². The predicted octanol–water partition coefficient (Wildman–Crippen LogP) is 1.88. The molecule has 1 aliphatic heterocycles. The third-order valence-electron chi connectivity index (χ3n) is 5.28. The highest BCUT2D eigenvalue weighted by Gasteiger charge is 2.37. The maximum absolute atomic E-state index is 12.9. The number of carbonyl (C=O) groups is 2. The lowest BCUT2D eigenvalue weighted by atomic mass is 10.1. The second-order valence-electron chi connectivity index (χ2n) is 7.23. The Balaban J connectivity index is 1.47. The Morgan fingerprint density at radius 2 is 1.77 bits per heavy atom. The molecule has 0 N–H and O–H groups in total. The van der Waals surface area contributed by atoms with Crippen LogP contribution in [-0.4, -0.2) is 67.4 Å². The molecular weight excluding hydrogens is 417 g/mol. The smallest absolute Gasteiger partial charge is 0.453 e. The molecule has 0 saturated carbocycles. The lowest BCUT2D eigenvalue weighted by molar-refractivity contribution is -0.144. The minimum atomic E-state index is -4.68. The van der Waals surface area contributed by atoms with E-state index < -0.39 is 12.0 Å². The Labute approximate surface area is 174 Å². The van der Waals surface area contributed by atoms with Crippen molar-refractivity contribution in [3.05, 3.63) is 46.9 Å². The van der Waals surface area contributed by atoms with Crippen LogP contribution < -0.4 is 0 Å². The van der Waals surface area contributed by atoms with E-state index in [2.05, 4.69) is 15.1 Å². The van der Waals surface area contributed by atoms with E-state index in [0.29, 0.717) is 43.1 Å². The fourth-order valence-electron chi connectivity index (χ4n) is 3.56. The zero-order valence-corrected chi connectivity index (χ0v) is 16.8. The van der Waals surface area contributed by atoms with Crippen molar-refractivity contribution in [3.8, 4) is 0 Å². The Hall–Kier alpha value is -3.44. The van der Waals surface area contributed by atoms with Crippen molar-refractivity contribution in [2.24, 2.45) is 0 Å². The van der Waals surface area contributed by atoms with Gasteiger partial charge in [-0.2, -0.15) is 18.2 Å². The third-order valence-corrected chi connectivity index (χ3v) is 5.28. The van der Waals surface area contributed by atoms with Crippen LogP contribution in [0.3, 0.4) is 0 Å². The molecule has 3 aromatic rings. The Morgan fingerprint density at radius 1 is 1.10 bits per heavy atom. The summed E-state index contributed by atoms with van der Waals surface area (Å²) in [6, 6.07) is 3.22. The monoisotopic (exact) mass is 436 g/mol. The van der Waals surface area contributed by atoms with E-state index in [1.807, 2.05) is 0 Å². The Morgan fingerprint density at radius 3 is 2.39 bits per heavy atom. The molecule has 2 amide bonds. The number of piperazine rings is 1. The quantitative estimate of drug-likeness (QED) is 0.622. The van der Waals surface area contributed by atoms with Crippen LogP contribution in [0.15, 0.2) is 22.8 Å². The molecule has 0 aromatic carbocycles. The fraction of sp³-hybridized carbons (Fsp3) is 0.421. The van der Waals surface area contributed by atoms with Crippen molar-refractivity contribution in [3.63, 3.8) is 0 Å². The molecule has 0 bridgehead atoms. The largest absolute Gasteiger partial charge is 0.459 e. The van der Waals surface area contributed by atoms with Crippen LogP contribution in [0.2, 0.25) is 0 Å². The first-order valence-corrected chi connectivity index (χ1v) is 9.55. The first kappa shape index (κ1) is 20.8. The average molecular weight is 436 g/mol. The maximum atomic E-state index is 12.9. The van der Waals surface area contributed by atoms with Gasteiger partial charge in [-0.3, -0.25) is 9.59 Å². The molecule has 3 aromatic heterocycles. The number of amides is 2. The third kappa shape index (κ3) is 3.97. The Bertz CT molecular complexity index is 1130. The van der Waals surface area contributed by atoms with Gasteiger partial charge in [-0.05, 0) is 26.0 Å². The summed E-state index contributed by atoms with van der Waals surface area (Å²) in [4.78, 5) is 35.9. The lowest BCUT2D eigenvalue weighted by Gasteiger charge is -2.34. The molecule has 1 fully saturated rings. The van der Waals surface area contributed by atoms with Gasteiger partial charge >= 0.3 is 6.18 Å². The molecule has 0 radical (unpaired) electrons. The molecule has 0 atom stereocenters. The number of fused-ring (bicyclic) bond motifs is 1. The molecule has 4 rings (SSSR count). The number of alkyl halides is 3. The van der Waals surface area contributed by atoms with Gasteiger partial charge in [0.25, 0.3) is 17.5 Å². The highest BCUT2D eigenvalue weighted by molar-refractivity contribution is 5.91. The van der Waals surface area contributed by atoms with Crippen LogP contribution in [-0.2, 0) is 17.4 Å². The summed E-state index contributed by atoms with van der Waals surface area (Å²) >= 11 is 0. The molecule has 164 valence electrons. The summed E-state index contributed by atoms with van der Waals surface area (Å²) in [5.41, 5.74) is 1.31. The van der Waals surface area contributed by atoms with Crippen LogP contribution in [0.5, 0.6) is 0 Å². The first-order valence-electron chi connectivity index (χ1n) is 9.55. The molecule has 12 heteroatoms. The summed E-state index contributed by atoms with van der Waals surface area (Å²) in [5.74, 6) is -1.62. The molecule has 4 heterocycles. The topological polar surface area (TPSA) is 96.8 Å². The van der Waals surface area contributed by atoms with E-state index in [4.69, 9.17) is 4.42 Å². The zero-order chi connectivity index (χ0) is 22.3. The van der Waals surface area contributed by atoms with E-state index in [0.717, 1.165) is 4.52 Å². The lowest BCUT2D eigenvalue weighted by Crippen LogP contribution is -2.51. The molecule has 0 aliphatic carbocycles. The predicted molar refractivity (Wildman–Crippen MR) is 100 cm³/mol. The summed E-state index contributed by atoms with van der Waals surface area (Å²) in [5, 5.41) is 3.50. The van der Waals surface area contributed by atoms with E-state index in [9.17, 15) is 22.8 Å². The van der Waals surface area contributed by atoms with Crippen molar-refractivity contribution in [1.29, 1.82) is 0 Å². The van der Waals surface area contributed by atoms with E-state index >= 15 is 0 Å². The van der Waals surface area contributed by atoms with Gasteiger partial charge in [0.05, 0.1) is 12.7 Å². The van der Waals surface area contributed by atoms with Crippen molar-refractivity contribution >= 4 is 17.6 Å². The van der Waals surface area contributed by atoms with Gasteiger partial charge in [0.15, 0.2) is 5.76 Å². The summed E-state index contributed by atoms with van der Waals surface area (Å²) < 4.78 is 44.9. The summed E-state index contributed by atoms with van der Waals surface area (Å²) in [7, 11) is 0. The van der Waals surface area contributed by atoms with Gasteiger partial charge in [-0.25, -0.2) is 9.50 Å². The number of furan rings is 1. The zero-order valence-electron chi connectivity index (χ0n) is 16.8. The number of rotatable bonds is 3. The highest BCUT2D eigenvalue weighted by atomic mass is 19.4. The van der Waals surface area contributed by atoms with Crippen molar-refractivity contribution in [2.45, 2.75) is 26.4 Å². The van der Waals surface area contributed by atoms with Gasteiger partial charge in [-0.1, -0.05) is 0 Å². The highest BCUT2D eigenvalue weighted by Crippen LogP contribution is 2.27. The Kier molecular flexibility index (Phi) is 5.15. The normalized spacial score (nSPS) is 15.0. The SMILES string of the molecule is Cc1nc2nc(C(F)(F)F)nn2c(C)c1CC(=O)N1CCN(C(=O)c2ccco2)CC1. The van der Waals surface area contributed by atoms with Crippen LogP contribution >= 0.6 is 0 Å². The summed E-state index contributed by atoms with van der Waals surface area (Å²) in [6.45, 7) is 4.62. The van der Waals surface area contributed by atoms with Crippen LogP contribution in [0, 0.1) is 13.8 Å². The molecule has 0 unspecified atom stereocenters. The molecule has 1 aliphatic rings. The van der Waals surface area contributed by atoms with E-state index in [1.165, 1.54) is 6.26 Å². The standard InChI is InChI=1S/C19H19F3N6O3/c1-11-13(12(2)28-18(23-11)24-17(25-28)19(20,21)22)10-15(29)26-5-7-27(8-6-26)16(30)14-4-3-9-31-14/h3-4,9H,5-8,10H2,1-2H3. The number of halogens is 3. The van der Waals surface area contributed by atoms with Crippen LogP contribution in [0.25, 0.3) is 5.78 Å². The number of hydrogen-bond donors (Lipinski definition) is 0. The second-order valence-corrected chi connectivity index (χ2v) is 7.23. The van der Waals surface area contributed by atoms with Gasteiger partial charge in [-0.15, -0.1) is 5.10 Å². The minimum absolute atomic E-state index is 0.0338. The van der Waals surface area contributed by atoms with Gasteiger partial charge in [0, 0.05) is 43.1 Å². The van der Waals surface area contributed by atoms with Crippen molar-refractivity contribution in [2.75, 3.05) is 26.2 Å². The molecular formula is C19H19F3N6O3. The first-order chi connectivity index (χ1) is 14.6. The maximum Gasteiger partial charge on any atom is 0.453 e.